The van der Waals surface area contributed by atoms with Crippen molar-refractivity contribution in [2.24, 2.45) is 5.41 Å². The van der Waals surface area contributed by atoms with Crippen LogP contribution in [0, 0.1) is 16.7 Å². The third kappa shape index (κ3) is 6.66. The van der Waals surface area contributed by atoms with E-state index in [-0.39, 0.29) is 11.2 Å². The molecular weight excluding hydrogens is 588 g/mol. The van der Waals surface area contributed by atoms with Crippen LogP contribution in [0.25, 0.3) is 16.6 Å². The fourth-order valence-electron chi connectivity index (χ4n) is 6.73. The Morgan fingerprint density at radius 3 is 2.49 bits per heavy atom. The molecule has 0 aromatic carbocycles. The van der Waals surface area contributed by atoms with E-state index in [0.29, 0.717) is 35.1 Å². The first kappa shape index (κ1) is 31.0. The number of fused-ring (bicyclic) bond motifs is 1. The first-order chi connectivity index (χ1) is 21.9. The van der Waals surface area contributed by atoms with Crippen LogP contribution in [-0.4, -0.2) is 94.1 Å². The minimum absolute atomic E-state index is 0.0147. The van der Waals surface area contributed by atoms with Gasteiger partial charge in [-0.25, -0.2) is 9.50 Å². The maximum Gasteiger partial charge on any atom is 0.183 e. The molecule has 2 aliphatic rings. The minimum atomic E-state index is -0.163. The van der Waals surface area contributed by atoms with Crippen molar-refractivity contribution in [2.75, 3.05) is 63.9 Å². The van der Waals surface area contributed by atoms with Crippen molar-refractivity contribution in [3.63, 3.8) is 0 Å². The van der Waals surface area contributed by atoms with Crippen LogP contribution >= 0.6 is 11.6 Å². The molecule has 0 unspecified atom stereocenters. The number of piperazine rings is 1. The van der Waals surface area contributed by atoms with Crippen LogP contribution in [-0.2, 0) is 0 Å². The Labute approximate surface area is 269 Å². The summed E-state index contributed by atoms with van der Waals surface area (Å²) in [6, 6.07) is 11.8. The minimum Gasteiger partial charge on any atom is -0.492 e. The number of piperidine rings is 1. The number of carbonyl (C=O) groups is 1. The highest BCUT2D eigenvalue weighted by Crippen LogP contribution is 2.39. The average Bonchev–Trinajstić information content (AvgIpc) is 3.49. The Bertz CT molecular complexity index is 1680. The molecule has 6 rings (SSSR count). The predicted octanol–water partition coefficient (Wildman–Crippen LogP) is 5.21. The molecule has 2 aliphatic heterocycles. The van der Waals surface area contributed by atoms with Gasteiger partial charge in [-0.1, -0.05) is 18.5 Å². The molecule has 234 valence electrons. The van der Waals surface area contributed by atoms with Crippen LogP contribution in [0.5, 0.6) is 5.75 Å². The van der Waals surface area contributed by atoms with Crippen molar-refractivity contribution >= 4 is 28.7 Å². The monoisotopic (exact) mass is 626 g/mol. The zero-order valence-electron chi connectivity index (χ0n) is 26.0. The molecule has 0 bridgehead atoms. The lowest BCUT2D eigenvalue weighted by molar-refractivity contribution is 0.0587. The Kier molecular flexibility index (Phi) is 9.31. The fraction of sp³-hybridized carbons (Fsp3) is 0.441. The molecule has 11 heteroatoms. The lowest BCUT2D eigenvalue weighted by Gasteiger charge is -2.46. The number of hydrogen-bond acceptors (Lipinski definition) is 9. The number of likely N-dealkylation sites (N-methyl/N-ethyl adjacent to an activating group) is 1. The molecule has 0 radical (unpaired) electrons. The molecule has 0 atom stereocenters. The van der Waals surface area contributed by atoms with Crippen LogP contribution < -0.4 is 9.64 Å². The Morgan fingerprint density at radius 2 is 1.82 bits per heavy atom. The second kappa shape index (κ2) is 13.5. The van der Waals surface area contributed by atoms with E-state index in [2.05, 4.69) is 37.8 Å². The number of halogens is 1. The van der Waals surface area contributed by atoms with Crippen molar-refractivity contribution in [1.29, 1.82) is 5.26 Å². The van der Waals surface area contributed by atoms with Gasteiger partial charge < -0.3 is 19.4 Å². The molecule has 0 spiro atoms. The van der Waals surface area contributed by atoms with Crippen molar-refractivity contribution in [3.05, 3.63) is 71.4 Å². The second-order valence-corrected chi connectivity index (χ2v) is 12.4. The summed E-state index contributed by atoms with van der Waals surface area (Å²) in [4.78, 5) is 30.1. The highest BCUT2D eigenvalue weighted by Gasteiger charge is 2.39. The summed E-state index contributed by atoms with van der Waals surface area (Å²) in [6.07, 6.45) is 9.04. The summed E-state index contributed by atoms with van der Waals surface area (Å²) < 4.78 is 7.46. The van der Waals surface area contributed by atoms with Gasteiger partial charge in [-0.15, -0.1) is 0 Å². The van der Waals surface area contributed by atoms with Crippen molar-refractivity contribution in [2.45, 2.75) is 33.1 Å². The number of rotatable bonds is 10. The van der Waals surface area contributed by atoms with Gasteiger partial charge in [0.15, 0.2) is 5.78 Å². The van der Waals surface area contributed by atoms with E-state index in [1.807, 2.05) is 31.3 Å². The van der Waals surface area contributed by atoms with Crippen LogP contribution in [0.4, 0.5) is 5.82 Å². The highest BCUT2D eigenvalue weighted by molar-refractivity contribution is 6.33. The summed E-state index contributed by atoms with van der Waals surface area (Å²) >= 11 is 6.39. The smallest absolute Gasteiger partial charge is 0.183 e. The van der Waals surface area contributed by atoms with Gasteiger partial charge in [0.1, 0.15) is 23.3 Å². The van der Waals surface area contributed by atoms with Crippen molar-refractivity contribution in [1.82, 2.24) is 29.4 Å². The maximum absolute atomic E-state index is 13.6. The molecule has 4 aromatic heterocycles. The predicted molar refractivity (Wildman–Crippen MR) is 175 cm³/mol. The molecular formula is C34H39ClN8O2. The number of anilines is 1. The molecule has 0 saturated carbocycles. The number of ether oxygens (including phenoxy) is 1. The highest BCUT2D eigenvalue weighted by atomic mass is 35.5. The zero-order valence-corrected chi connectivity index (χ0v) is 26.7. The number of Topliss-reactive ketones (excluding diaryl/α,β-unsaturated/α-hetero) is 1. The Balaban J connectivity index is 1.21. The van der Waals surface area contributed by atoms with E-state index in [9.17, 15) is 10.1 Å². The van der Waals surface area contributed by atoms with Crippen LogP contribution in [0.2, 0.25) is 5.02 Å². The standard InChI is InChI=1S/C34H39ClN8O2/c1-3-40-14-16-41(17-15-40)24-34(19-30(44)32-29(35)6-5-11-37-32)9-12-42(13-10-34)31-8-7-25(21-38-31)28-18-27(45-4-2)23-43-33(28)26(20-36)22-39-43/h5-8,11,18,21-23H,3-4,9-10,12-17,19,24H2,1-2H3. The summed E-state index contributed by atoms with van der Waals surface area (Å²) in [5, 5.41) is 14.5. The van der Waals surface area contributed by atoms with Gasteiger partial charge in [0.05, 0.1) is 35.1 Å². The first-order valence-corrected chi connectivity index (χ1v) is 16.1. The van der Waals surface area contributed by atoms with Gasteiger partial charge in [-0.05, 0) is 62.1 Å². The number of hydrogen-bond donors (Lipinski definition) is 0. The summed E-state index contributed by atoms with van der Waals surface area (Å²) in [5.41, 5.74) is 3.18. The van der Waals surface area contributed by atoms with E-state index in [1.54, 1.807) is 35.2 Å². The Morgan fingerprint density at radius 1 is 1.04 bits per heavy atom. The van der Waals surface area contributed by atoms with Crippen LogP contribution in [0.1, 0.15) is 49.2 Å². The van der Waals surface area contributed by atoms with Crippen LogP contribution in [0.15, 0.2) is 55.1 Å². The van der Waals surface area contributed by atoms with Gasteiger partial charge in [0, 0.05) is 75.8 Å². The van der Waals surface area contributed by atoms with E-state index in [4.69, 9.17) is 21.3 Å². The van der Waals surface area contributed by atoms with Crippen LogP contribution in [0.3, 0.4) is 0 Å². The molecule has 4 aromatic rings. The summed E-state index contributed by atoms with van der Waals surface area (Å²) in [5.74, 6) is 1.59. The molecule has 0 N–H and O–H groups in total. The molecule has 2 saturated heterocycles. The summed E-state index contributed by atoms with van der Waals surface area (Å²) in [7, 11) is 0. The maximum atomic E-state index is 13.6. The van der Waals surface area contributed by atoms with E-state index < -0.39 is 0 Å². The zero-order chi connectivity index (χ0) is 31.4. The number of nitriles is 1. The van der Waals surface area contributed by atoms with E-state index in [0.717, 1.165) is 87.7 Å². The number of nitrogens with zero attached hydrogens (tertiary/aromatic N) is 8. The second-order valence-electron chi connectivity index (χ2n) is 12.0. The van der Waals surface area contributed by atoms with Gasteiger partial charge >= 0.3 is 0 Å². The van der Waals surface area contributed by atoms with Gasteiger partial charge in [-0.2, -0.15) is 10.4 Å². The average molecular weight is 627 g/mol. The number of aromatic nitrogens is 4. The fourth-order valence-corrected chi connectivity index (χ4v) is 6.96. The quantitative estimate of drug-likeness (QED) is 0.219. The number of pyridine rings is 3. The van der Waals surface area contributed by atoms with Gasteiger partial charge in [0.25, 0.3) is 0 Å². The topological polar surface area (TPSA) is 103 Å². The largest absolute Gasteiger partial charge is 0.492 e. The molecule has 10 nitrogen and oxygen atoms in total. The lowest BCUT2D eigenvalue weighted by Crippen LogP contribution is -2.52. The van der Waals surface area contributed by atoms with E-state index >= 15 is 0 Å². The lowest BCUT2D eigenvalue weighted by atomic mass is 9.73. The van der Waals surface area contributed by atoms with Gasteiger partial charge in [-0.3, -0.25) is 9.78 Å². The molecule has 45 heavy (non-hydrogen) atoms. The molecule has 2 fully saturated rings. The van der Waals surface area contributed by atoms with Crippen molar-refractivity contribution in [3.8, 4) is 22.9 Å². The SMILES string of the molecule is CCOc1cc(-c2ccc(N3CCC(CC(=O)c4ncccc4Cl)(CN4CCN(CC)CC4)CC3)nc2)c2c(C#N)cnn2c1. The molecule has 0 amide bonds. The molecule has 6 heterocycles. The van der Waals surface area contributed by atoms with Gasteiger partial charge in [0.2, 0.25) is 0 Å². The first-order valence-electron chi connectivity index (χ1n) is 15.8. The third-order valence-electron chi connectivity index (χ3n) is 9.25. The van der Waals surface area contributed by atoms with Crippen molar-refractivity contribution < 1.29 is 9.53 Å². The Hall–Kier alpha value is -4.04. The normalized spacial score (nSPS) is 17.3. The number of ketones is 1. The summed E-state index contributed by atoms with van der Waals surface area (Å²) in [6.45, 7) is 12.4. The van der Waals surface area contributed by atoms with E-state index in [1.165, 1.54) is 0 Å². The number of carbonyl (C=O) groups excluding carboxylic acids is 1. The molecule has 0 aliphatic carbocycles. The third-order valence-corrected chi connectivity index (χ3v) is 9.56.